The maximum absolute atomic E-state index is 12.1. The Kier molecular flexibility index (Phi) is 5.75. The van der Waals surface area contributed by atoms with E-state index in [2.05, 4.69) is 20.1 Å². The summed E-state index contributed by atoms with van der Waals surface area (Å²) in [6.07, 6.45) is 3.60. The Balaban J connectivity index is 1.40. The second-order valence-electron chi connectivity index (χ2n) is 6.09. The molecule has 0 saturated carbocycles. The van der Waals surface area contributed by atoms with Crippen molar-refractivity contribution in [3.8, 4) is 0 Å². The van der Waals surface area contributed by atoms with Gasteiger partial charge in [0, 0.05) is 75.0 Å². The first-order valence-electron chi connectivity index (χ1n) is 8.53. The number of nitrogens with zero attached hydrogens (tertiary/aromatic N) is 4. The van der Waals surface area contributed by atoms with Crippen LogP contribution >= 0.6 is 0 Å². The van der Waals surface area contributed by atoms with Crippen LogP contribution in [0.2, 0.25) is 0 Å². The number of carbonyl (C=O) groups excluding carboxylic acids is 1. The number of anilines is 1. The topological polar surface area (TPSA) is 91.6 Å². The van der Waals surface area contributed by atoms with Gasteiger partial charge in [-0.3, -0.25) is 24.8 Å². The highest BCUT2D eigenvalue weighted by molar-refractivity contribution is 5.94. The largest absolute Gasteiger partial charge is 0.369 e. The third kappa shape index (κ3) is 4.54. The van der Waals surface area contributed by atoms with Crippen LogP contribution in [0.1, 0.15) is 10.4 Å². The van der Waals surface area contributed by atoms with Crippen molar-refractivity contribution in [1.29, 1.82) is 0 Å². The third-order valence-electron chi connectivity index (χ3n) is 4.45. The van der Waals surface area contributed by atoms with Gasteiger partial charge in [0.1, 0.15) is 0 Å². The van der Waals surface area contributed by atoms with Crippen molar-refractivity contribution in [2.24, 2.45) is 0 Å². The van der Waals surface area contributed by atoms with Crippen LogP contribution in [-0.4, -0.2) is 60.0 Å². The average molecular weight is 355 g/mol. The standard InChI is InChI=1S/C18H21N5O3/c24-18(15-1-3-17(4-2-15)23(25)26)20-9-10-21-11-13-22(14-12-21)16-5-7-19-8-6-16/h1-8H,9-14H2,(H,20,24). The van der Waals surface area contributed by atoms with Crippen molar-refractivity contribution in [2.75, 3.05) is 44.2 Å². The zero-order chi connectivity index (χ0) is 18.4. The second kappa shape index (κ2) is 8.39. The molecule has 2 heterocycles. The molecule has 8 nitrogen and oxygen atoms in total. The fourth-order valence-corrected chi connectivity index (χ4v) is 2.95. The summed E-state index contributed by atoms with van der Waals surface area (Å²) in [6.45, 7) is 5.10. The number of hydrogen-bond acceptors (Lipinski definition) is 6. The van der Waals surface area contributed by atoms with Crippen molar-refractivity contribution in [3.05, 3.63) is 64.5 Å². The van der Waals surface area contributed by atoms with Crippen LogP contribution in [0.4, 0.5) is 11.4 Å². The first-order valence-corrected chi connectivity index (χ1v) is 8.53. The van der Waals surface area contributed by atoms with Gasteiger partial charge in [-0.2, -0.15) is 0 Å². The lowest BCUT2D eigenvalue weighted by atomic mass is 10.2. The SMILES string of the molecule is O=C(NCCN1CCN(c2ccncc2)CC1)c1ccc([N+](=O)[O-])cc1. The van der Waals surface area contributed by atoms with E-state index < -0.39 is 4.92 Å². The summed E-state index contributed by atoms with van der Waals surface area (Å²) in [7, 11) is 0. The molecule has 26 heavy (non-hydrogen) atoms. The monoisotopic (exact) mass is 355 g/mol. The molecule has 0 spiro atoms. The minimum atomic E-state index is -0.479. The lowest BCUT2D eigenvalue weighted by Crippen LogP contribution is -2.48. The molecule has 1 amide bonds. The number of non-ortho nitro benzene ring substituents is 1. The molecule has 1 fully saturated rings. The van der Waals surface area contributed by atoms with E-state index in [9.17, 15) is 14.9 Å². The molecule has 0 atom stereocenters. The number of pyridine rings is 1. The van der Waals surface area contributed by atoms with Crippen molar-refractivity contribution < 1.29 is 9.72 Å². The van der Waals surface area contributed by atoms with Crippen molar-refractivity contribution in [1.82, 2.24) is 15.2 Å². The number of nitro benzene ring substituents is 1. The van der Waals surface area contributed by atoms with Crippen LogP contribution < -0.4 is 10.2 Å². The van der Waals surface area contributed by atoms with Gasteiger partial charge in [0.15, 0.2) is 0 Å². The summed E-state index contributed by atoms with van der Waals surface area (Å²) in [5.41, 5.74) is 1.60. The highest BCUT2D eigenvalue weighted by Gasteiger charge is 2.17. The molecule has 2 aromatic rings. The smallest absolute Gasteiger partial charge is 0.269 e. The Morgan fingerprint density at radius 3 is 2.35 bits per heavy atom. The summed E-state index contributed by atoms with van der Waals surface area (Å²) in [6, 6.07) is 9.66. The summed E-state index contributed by atoms with van der Waals surface area (Å²) < 4.78 is 0. The van der Waals surface area contributed by atoms with Crippen molar-refractivity contribution >= 4 is 17.3 Å². The number of piperazine rings is 1. The molecule has 1 aliphatic heterocycles. The number of aromatic nitrogens is 1. The average Bonchev–Trinajstić information content (AvgIpc) is 2.69. The molecule has 3 rings (SSSR count). The predicted octanol–water partition coefficient (Wildman–Crippen LogP) is 1.54. The fourth-order valence-electron chi connectivity index (χ4n) is 2.95. The van der Waals surface area contributed by atoms with Crippen LogP contribution in [0.3, 0.4) is 0 Å². The molecule has 0 unspecified atom stereocenters. The number of amides is 1. The molecule has 8 heteroatoms. The molecule has 1 aromatic carbocycles. The van der Waals surface area contributed by atoms with Gasteiger partial charge < -0.3 is 10.2 Å². The highest BCUT2D eigenvalue weighted by Crippen LogP contribution is 2.14. The number of rotatable bonds is 6. The van der Waals surface area contributed by atoms with E-state index >= 15 is 0 Å². The number of nitro groups is 1. The Morgan fingerprint density at radius 1 is 1.08 bits per heavy atom. The van der Waals surface area contributed by atoms with Crippen LogP contribution in [0, 0.1) is 10.1 Å². The quantitative estimate of drug-likeness (QED) is 0.624. The van der Waals surface area contributed by atoms with E-state index in [0.29, 0.717) is 12.1 Å². The number of hydrogen-bond donors (Lipinski definition) is 1. The summed E-state index contributed by atoms with van der Waals surface area (Å²) >= 11 is 0. The third-order valence-corrected chi connectivity index (χ3v) is 4.45. The van der Waals surface area contributed by atoms with Gasteiger partial charge in [-0.05, 0) is 24.3 Å². The molecule has 1 saturated heterocycles. The Hall–Kier alpha value is -3.00. The molecular formula is C18H21N5O3. The van der Waals surface area contributed by atoms with E-state index in [1.807, 2.05) is 12.1 Å². The Morgan fingerprint density at radius 2 is 1.73 bits per heavy atom. The predicted molar refractivity (Wildman–Crippen MR) is 98.3 cm³/mol. The first-order chi connectivity index (χ1) is 12.6. The lowest BCUT2D eigenvalue weighted by molar-refractivity contribution is -0.384. The minimum absolute atomic E-state index is 0.0198. The minimum Gasteiger partial charge on any atom is -0.369 e. The zero-order valence-corrected chi connectivity index (χ0v) is 14.4. The number of benzene rings is 1. The zero-order valence-electron chi connectivity index (χ0n) is 14.4. The van der Waals surface area contributed by atoms with Gasteiger partial charge in [-0.1, -0.05) is 0 Å². The van der Waals surface area contributed by atoms with Crippen molar-refractivity contribution in [3.63, 3.8) is 0 Å². The van der Waals surface area contributed by atoms with Gasteiger partial charge in [0.25, 0.3) is 11.6 Å². The van der Waals surface area contributed by atoms with Crippen LogP contribution in [-0.2, 0) is 0 Å². The van der Waals surface area contributed by atoms with Gasteiger partial charge >= 0.3 is 0 Å². The molecule has 1 aromatic heterocycles. The van der Waals surface area contributed by atoms with E-state index in [0.717, 1.165) is 32.7 Å². The first kappa shape index (κ1) is 17.8. The number of nitrogens with one attached hydrogen (secondary N) is 1. The van der Waals surface area contributed by atoms with Crippen molar-refractivity contribution in [2.45, 2.75) is 0 Å². The van der Waals surface area contributed by atoms with Gasteiger partial charge in [-0.25, -0.2) is 0 Å². The summed E-state index contributed by atoms with van der Waals surface area (Å²) in [5, 5.41) is 13.5. The van der Waals surface area contributed by atoms with E-state index in [1.54, 1.807) is 12.4 Å². The molecule has 0 bridgehead atoms. The molecule has 0 aliphatic carbocycles. The second-order valence-corrected chi connectivity index (χ2v) is 6.09. The van der Waals surface area contributed by atoms with E-state index in [1.165, 1.54) is 30.0 Å². The van der Waals surface area contributed by atoms with Gasteiger partial charge in [0.05, 0.1) is 4.92 Å². The lowest BCUT2D eigenvalue weighted by Gasteiger charge is -2.36. The van der Waals surface area contributed by atoms with Crippen LogP contribution in [0.5, 0.6) is 0 Å². The van der Waals surface area contributed by atoms with Gasteiger partial charge in [0.2, 0.25) is 0 Å². The summed E-state index contributed by atoms with van der Waals surface area (Å²) in [5.74, 6) is -0.213. The molecule has 1 aliphatic rings. The fraction of sp³-hybridized carbons (Fsp3) is 0.333. The van der Waals surface area contributed by atoms with Gasteiger partial charge in [-0.15, -0.1) is 0 Å². The summed E-state index contributed by atoms with van der Waals surface area (Å²) in [4.78, 5) is 30.9. The Bertz CT molecular complexity index is 743. The maximum atomic E-state index is 12.1. The van der Waals surface area contributed by atoms with E-state index in [-0.39, 0.29) is 11.6 Å². The molecule has 0 radical (unpaired) electrons. The number of carbonyl (C=O) groups is 1. The van der Waals surface area contributed by atoms with E-state index in [4.69, 9.17) is 0 Å². The highest BCUT2D eigenvalue weighted by atomic mass is 16.6. The molecule has 136 valence electrons. The normalized spacial score (nSPS) is 14.8. The molecular weight excluding hydrogens is 334 g/mol. The Labute approximate surface area is 151 Å². The van der Waals surface area contributed by atoms with Crippen LogP contribution in [0.15, 0.2) is 48.8 Å². The maximum Gasteiger partial charge on any atom is 0.269 e. The molecule has 1 N–H and O–H groups in total. The van der Waals surface area contributed by atoms with Crippen LogP contribution in [0.25, 0.3) is 0 Å².